The van der Waals surface area contributed by atoms with Crippen molar-refractivity contribution in [2.45, 2.75) is 27.4 Å². The molecule has 0 N–H and O–H groups in total. The molecule has 3 aliphatic carbocycles. The number of fused-ring (bicyclic) bond motifs is 1. The summed E-state index contributed by atoms with van der Waals surface area (Å²) in [5.74, 6) is 0.667. The van der Waals surface area contributed by atoms with E-state index in [9.17, 15) is 0 Å². The van der Waals surface area contributed by atoms with Gasteiger partial charge in [0.05, 0.1) is 5.38 Å². The molecule has 0 aromatic heterocycles. The third-order valence-corrected chi connectivity index (χ3v) is 7.36. The van der Waals surface area contributed by atoms with E-state index in [0.717, 1.165) is 0 Å². The quantitative estimate of drug-likeness (QED) is 0.508. The van der Waals surface area contributed by atoms with Crippen molar-refractivity contribution in [3.8, 4) is 0 Å². The fourth-order valence-corrected chi connectivity index (χ4v) is 6.27. The molecule has 0 heterocycles. The molecule has 0 nitrogen and oxygen atoms in total. The van der Waals surface area contributed by atoms with Crippen LogP contribution in [0, 0.1) is 0 Å². The van der Waals surface area contributed by atoms with Gasteiger partial charge in [0.2, 0.25) is 0 Å². The molecule has 0 aliphatic heterocycles. The second-order valence-corrected chi connectivity index (χ2v) is 8.31. The lowest BCUT2D eigenvalue weighted by Gasteiger charge is -2.48. The van der Waals surface area contributed by atoms with Crippen LogP contribution in [-0.2, 0) is 0 Å². The molecule has 0 radical (unpaired) electrons. The highest BCUT2D eigenvalue weighted by Gasteiger charge is 2.49. The normalized spacial score (nSPS) is 26.7. The maximum Gasteiger partial charge on any atom is 0.0576 e. The van der Waals surface area contributed by atoms with Crippen molar-refractivity contribution in [3.63, 3.8) is 0 Å². The molecule has 3 aromatic rings. The van der Waals surface area contributed by atoms with Gasteiger partial charge < -0.3 is 0 Å². The molecule has 0 fully saturated rings. The predicted octanol–water partition coefficient (Wildman–Crippen LogP) is 6.05. The molecule has 24 heavy (non-hydrogen) atoms. The largest absolute Gasteiger partial charge is 0.121 e. The Morgan fingerprint density at radius 2 is 1.04 bits per heavy atom. The average molecular weight is 349 g/mol. The summed E-state index contributed by atoms with van der Waals surface area (Å²) in [6, 6.07) is 28.4. The predicted molar refractivity (Wildman–Crippen MR) is 102 cm³/mol. The molecule has 0 amide bonds. The first-order chi connectivity index (χ1) is 11.8. The lowest BCUT2D eigenvalue weighted by Crippen LogP contribution is -2.42. The molecular weight excluding hydrogens is 332 g/mol. The van der Waals surface area contributed by atoms with E-state index in [4.69, 9.17) is 11.6 Å². The molecule has 0 saturated carbocycles. The summed E-state index contributed by atoms with van der Waals surface area (Å²) in [5, 5.41) is 0.480. The minimum atomic E-state index is 0.116. The summed E-state index contributed by atoms with van der Waals surface area (Å²) < 4.78 is 0. The van der Waals surface area contributed by atoms with Crippen LogP contribution >= 0.6 is 23.4 Å². The highest BCUT2D eigenvalue weighted by Crippen LogP contribution is 2.58. The zero-order valence-electron chi connectivity index (χ0n) is 13.1. The maximum absolute atomic E-state index is 7.06. The Labute approximate surface area is 151 Å². The van der Waals surface area contributed by atoms with Crippen molar-refractivity contribution in [2.75, 3.05) is 0 Å². The van der Waals surface area contributed by atoms with Crippen LogP contribution in [0.15, 0.2) is 83.8 Å². The van der Waals surface area contributed by atoms with Gasteiger partial charge in [-0.1, -0.05) is 66.7 Å². The summed E-state index contributed by atoms with van der Waals surface area (Å²) in [6.07, 6.45) is 0. The number of rotatable bonds is 2. The molecule has 0 spiro atoms. The maximum atomic E-state index is 7.06. The smallest absolute Gasteiger partial charge is 0.0576 e. The van der Waals surface area contributed by atoms with Crippen LogP contribution < -0.4 is 0 Å². The molecular formula is C22H17ClS. The van der Waals surface area contributed by atoms with Crippen LogP contribution in [0.4, 0.5) is 0 Å². The molecule has 2 heteroatoms. The summed E-state index contributed by atoms with van der Waals surface area (Å²) >= 11 is 8.99. The lowest BCUT2D eigenvalue weighted by molar-refractivity contribution is 0.541. The molecule has 2 bridgehead atoms. The molecule has 0 saturated heterocycles. The van der Waals surface area contributed by atoms with Crippen molar-refractivity contribution in [3.05, 3.63) is 101 Å². The molecule has 3 aliphatic rings. The van der Waals surface area contributed by atoms with Crippen LogP contribution in [0.5, 0.6) is 0 Å². The van der Waals surface area contributed by atoms with Crippen molar-refractivity contribution < 1.29 is 0 Å². The lowest BCUT2D eigenvalue weighted by atomic mass is 9.63. The van der Waals surface area contributed by atoms with E-state index in [2.05, 4.69) is 78.9 Å². The second-order valence-electron chi connectivity index (χ2n) is 6.55. The van der Waals surface area contributed by atoms with Gasteiger partial charge in [0.1, 0.15) is 0 Å². The van der Waals surface area contributed by atoms with Gasteiger partial charge in [0.15, 0.2) is 0 Å². The monoisotopic (exact) mass is 348 g/mol. The first kappa shape index (κ1) is 14.6. The van der Waals surface area contributed by atoms with Crippen LogP contribution in [0.2, 0.25) is 0 Å². The van der Waals surface area contributed by atoms with Gasteiger partial charge in [-0.25, -0.2) is 0 Å². The van der Waals surface area contributed by atoms with Gasteiger partial charge >= 0.3 is 0 Å². The van der Waals surface area contributed by atoms with Gasteiger partial charge in [-0.3, -0.25) is 0 Å². The molecule has 2 unspecified atom stereocenters. The van der Waals surface area contributed by atoms with E-state index in [1.165, 1.54) is 27.1 Å². The van der Waals surface area contributed by atoms with Crippen LogP contribution in [0.1, 0.15) is 34.1 Å². The van der Waals surface area contributed by atoms with E-state index >= 15 is 0 Å². The first-order valence-electron chi connectivity index (χ1n) is 8.38. The first-order valence-corrected chi connectivity index (χ1v) is 9.69. The van der Waals surface area contributed by atoms with E-state index in [-0.39, 0.29) is 5.38 Å². The summed E-state index contributed by atoms with van der Waals surface area (Å²) in [4.78, 5) is 1.30. The van der Waals surface area contributed by atoms with Crippen molar-refractivity contribution in [1.82, 2.24) is 0 Å². The SMILES string of the molecule is ClC1C2c3ccccc3C(c3ccccc32)C1Sc1ccccc1. The van der Waals surface area contributed by atoms with E-state index in [0.29, 0.717) is 17.1 Å². The summed E-state index contributed by atoms with van der Waals surface area (Å²) in [6.45, 7) is 0. The Kier molecular flexibility index (Phi) is 3.46. The fraction of sp³-hybridized carbons (Fsp3) is 0.182. The van der Waals surface area contributed by atoms with Crippen molar-refractivity contribution in [1.29, 1.82) is 0 Å². The van der Waals surface area contributed by atoms with Gasteiger partial charge in [0, 0.05) is 22.0 Å². The summed E-state index contributed by atoms with van der Waals surface area (Å²) in [5.41, 5.74) is 5.77. The highest BCUT2D eigenvalue weighted by molar-refractivity contribution is 8.00. The number of thioether (sulfide) groups is 1. The Balaban J connectivity index is 1.67. The zero-order chi connectivity index (χ0) is 16.1. The number of alkyl halides is 1. The zero-order valence-corrected chi connectivity index (χ0v) is 14.7. The Bertz CT molecular complexity index is 842. The standard InChI is InChI=1S/C22H17ClS/c23-21-19-15-10-4-6-12-17(15)20(18-13-7-5-11-16(18)19)22(21)24-14-8-2-1-3-9-14/h1-13,19-22H. The van der Waals surface area contributed by atoms with Crippen molar-refractivity contribution in [2.24, 2.45) is 0 Å². The number of hydrogen-bond acceptors (Lipinski definition) is 1. The average Bonchev–Trinajstić information content (AvgIpc) is 2.64. The van der Waals surface area contributed by atoms with E-state index < -0.39 is 0 Å². The number of hydrogen-bond donors (Lipinski definition) is 0. The Hall–Kier alpha value is -1.70. The minimum Gasteiger partial charge on any atom is -0.121 e. The minimum absolute atomic E-state index is 0.116. The van der Waals surface area contributed by atoms with Gasteiger partial charge in [0.25, 0.3) is 0 Å². The number of halogens is 1. The molecule has 3 aromatic carbocycles. The van der Waals surface area contributed by atoms with Crippen molar-refractivity contribution >= 4 is 23.4 Å². The fourth-order valence-electron chi connectivity index (χ4n) is 4.35. The molecule has 6 rings (SSSR count). The Morgan fingerprint density at radius 1 is 0.583 bits per heavy atom. The van der Waals surface area contributed by atoms with Crippen LogP contribution in [0.25, 0.3) is 0 Å². The van der Waals surface area contributed by atoms with Gasteiger partial charge in [-0.05, 0) is 34.4 Å². The molecule has 118 valence electrons. The third-order valence-electron chi connectivity index (χ3n) is 5.31. The van der Waals surface area contributed by atoms with Gasteiger partial charge in [-0.15, -0.1) is 23.4 Å². The van der Waals surface area contributed by atoms with Gasteiger partial charge in [-0.2, -0.15) is 0 Å². The second kappa shape index (κ2) is 5.68. The topological polar surface area (TPSA) is 0 Å². The third kappa shape index (κ3) is 2.08. The molecule has 2 atom stereocenters. The van der Waals surface area contributed by atoms with E-state index in [1.807, 2.05) is 11.8 Å². The number of benzene rings is 3. The Morgan fingerprint density at radius 3 is 1.58 bits per heavy atom. The van der Waals surface area contributed by atoms with Crippen LogP contribution in [0.3, 0.4) is 0 Å². The summed E-state index contributed by atoms with van der Waals surface area (Å²) in [7, 11) is 0. The highest BCUT2D eigenvalue weighted by atomic mass is 35.5. The van der Waals surface area contributed by atoms with E-state index in [1.54, 1.807) is 0 Å². The van der Waals surface area contributed by atoms with Crippen LogP contribution in [-0.4, -0.2) is 10.6 Å².